The Kier molecular flexibility index (Phi) is 5.31. The number of para-hydroxylation sites is 1. The largest absolute Gasteiger partial charge is 0.504 e. The maximum Gasteiger partial charge on any atom is 0.238 e. The van der Waals surface area contributed by atoms with E-state index in [-0.39, 0.29) is 11.6 Å². The van der Waals surface area contributed by atoms with Gasteiger partial charge in [-0.25, -0.2) is 4.99 Å². The molecule has 4 aromatic rings. The fourth-order valence-electron chi connectivity index (χ4n) is 3.22. The Balaban J connectivity index is 1.88. The van der Waals surface area contributed by atoms with Crippen LogP contribution in [0.4, 0.5) is 5.88 Å². The zero-order valence-electron chi connectivity index (χ0n) is 16.2. The summed E-state index contributed by atoms with van der Waals surface area (Å²) in [6.45, 7) is 0. The third kappa shape index (κ3) is 3.54. The second-order valence-electron chi connectivity index (χ2n) is 6.49. The van der Waals surface area contributed by atoms with E-state index >= 15 is 0 Å². The number of phenols is 1. The lowest BCUT2D eigenvalue weighted by Gasteiger charge is -2.04. The van der Waals surface area contributed by atoms with E-state index < -0.39 is 0 Å². The molecule has 30 heavy (non-hydrogen) atoms. The summed E-state index contributed by atoms with van der Waals surface area (Å²) in [5, 5.41) is 20.2. The summed E-state index contributed by atoms with van der Waals surface area (Å²) in [5.41, 5.74) is 3.18. The van der Waals surface area contributed by atoms with Crippen LogP contribution in [0.3, 0.4) is 0 Å². The second kappa shape index (κ2) is 8.38. The van der Waals surface area contributed by atoms with E-state index in [2.05, 4.69) is 11.1 Å². The molecule has 0 bridgehead atoms. The monoisotopic (exact) mass is 394 g/mol. The SMILES string of the molecule is COc1cccc(/C=N/c2oc(-c3ccccc3)c(-c3ccccc3)c2C#N)c1O. The van der Waals surface area contributed by atoms with Gasteiger partial charge in [0.1, 0.15) is 17.4 Å². The van der Waals surface area contributed by atoms with Gasteiger partial charge in [-0.3, -0.25) is 0 Å². The molecule has 0 spiro atoms. The molecule has 0 radical (unpaired) electrons. The average molecular weight is 394 g/mol. The minimum absolute atomic E-state index is 0.0274. The van der Waals surface area contributed by atoms with Crippen molar-refractivity contribution in [2.45, 2.75) is 0 Å². The molecule has 0 atom stereocenters. The third-order valence-electron chi connectivity index (χ3n) is 4.67. The maximum absolute atomic E-state index is 10.3. The topological polar surface area (TPSA) is 78.8 Å². The molecule has 0 fully saturated rings. The van der Waals surface area contributed by atoms with Gasteiger partial charge in [-0.1, -0.05) is 66.7 Å². The van der Waals surface area contributed by atoms with Crippen LogP contribution in [-0.2, 0) is 0 Å². The predicted molar refractivity (Wildman–Crippen MR) is 116 cm³/mol. The highest BCUT2D eigenvalue weighted by Gasteiger charge is 2.22. The van der Waals surface area contributed by atoms with Crippen molar-refractivity contribution in [2.24, 2.45) is 4.99 Å². The zero-order chi connectivity index (χ0) is 20.9. The number of hydrogen-bond acceptors (Lipinski definition) is 5. The normalized spacial score (nSPS) is 10.8. The van der Waals surface area contributed by atoms with Crippen molar-refractivity contribution in [1.82, 2.24) is 0 Å². The summed E-state index contributed by atoms with van der Waals surface area (Å²) in [6.07, 6.45) is 1.46. The minimum atomic E-state index is -0.0274. The van der Waals surface area contributed by atoms with E-state index in [1.165, 1.54) is 13.3 Å². The number of aromatic hydroxyl groups is 1. The molecule has 0 saturated carbocycles. The lowest BCUT2D eigenvalue weighted by molar-refractivity contribution is 0.373. The van der Waals surface area contributed by atoms with Crippen molar-refractivity contribution in [1.29, 1.82) is 5.26 Å². The summed E-state index contributed by atoms with van der Waals surface area (Å²) in [6, 6.07) is 26.5. The van der Waals surface area contributed by atoms with Gasteiger partial charge in [-0.05, 0) is 17.7 Å². The molecule has 5 heteroatoms. The number of ether oxygens (including phenoxy) is 1. The predicted octanol–water partition coefficient (Wildman–Crippen LogP) is 5.95. The fourth-order valence-corrected chi connectivity index (χ4v) is 3.22. The smallest absolute Gasteiger partial charge is 0.238 e. The Morgan fingerprint density at radius 1 is 0.933 bits per heavy atom. The Labute approximate surface area is 174 Å². The number of rotatable bonds is 5. The number of hydrogen-bond donors (Lipinski definition) is 1. The van der Waals surface area contributed by atoms with Crippen molar-refractivity contribution in [3.63, 3.8) is 0 Å². The summed E-state index contributed by atoms with van der Waals surface area (Å²) >= 11 is 0. The van der Waals surface area contributed by atoms with Crippen molar-refractivity contribution in [3.8, 4) is 40.0 Å². The van der Waals surface area contributed by atoms with E-state index in [0.29, 0.717) is 28.2 Å². The quantitative estimate of drug-likeness (QED) is 0.424. The lowest BCUT2D eigenvalue weighted by Crippen LogP contribution is -1.88. The van der Waals surface area contributed by atoms with Gasteiger partial charge in [0.2, 0.25) is 5.88 Å². The number of phenolic OH excluding ortho intramolecular Hbond substituents is 1. The van der Waals surface area contributed by atoms with Gasteiger partial charge in [-0.15, -0.1) is 0 Å². The summed E-state index contributed by atoms with van der Waals surface area (Å²) in [5.74, 6) is 1.06. The maximum atomic E-state index is 10.3. The summed E-state index contributed by atoms with van der Waals surface area (Å²) in [4.78, 5) is 4.39. The molecule has 0 saturated heterocycles. The highest BCUT2D eigenvalue weighted by Crippen LogP contribution is 2.42. The van der Waals surface area contributed by atoms with Gasteiger partial charge in [0.15, 0.2) is 11.5 Å². The van der Waals surface area contributed by atoms with Crippen molar-refractivity contribution in [3.05, 3.63) is 90.0 Å². The average Bonchev–Trinajstić information content (AvgIpc) is 3.18. The van der Waals surface area contributed by atoms with Crippen LogP contribution in [0.5, 0.6) is 11.5 Å². The Hall–Kier alpha value is -4.30. The Bertz CT molecular complexity index is 1240. The van der Waals surface area contributed by atoms with Crippen LogP contribution in [0.15, 0.2) is 88.3 Å². The van der Waals surface area contributed by atoms with Gasteiger partial charge in [0, 0.05) is 22.9 Å². The Morgan fingerprint density at radius 2 is 1.60 bits per heavy atom. The molecule has 0 amide bonds. The fraction of sp³-hybridized carbons (Fsp3) is 0.0400. The van der Waals surface area contributed by atoms with Crippen LogP contribution in [0.1, 0.15) is 11.1 Å². The first kappa shape index (κ1) is 19.0. The molecule has 5 nitrogen and oxygen atoms in total. The third-order valence-corrected chi connectivity index (χ3v) is 4.67. The molecule has 0 aliphatic rings. The number of methoxy groups -OCH3 is 1. The molecule has 1 heterocycles. The second-order valence-corrected chi connectivity index (χ2v) is 6.49. The first-order valence-electron chi connectivity index (χ1n) is 9.30. The summed E-state index contributed by atoms with van der Waals surface area (Å²) < 4.78 is 11.2. The highest BCUT2D eigenvalue weighted by atomic mass is 16.5. The molecule has 3 aromatic carbocycles. The van der Waals surface area contributed by atoms with Crippen molar-refractivity contribution < 1.29 is 14.3 Å². The molecular weight excluding hydrogens is 376 g/mol. The lowest BCUT2D eigenvalue weighted by atomic mass is 9.98. The van der Waals surface area contributed by atoms with Gasteiger partial charge in [0.25, 0.3) is 0 Å². The van der Waals surface area contributed by atoms with Crippen LogP contribution in [0.25, 0.3) is 22.5 Å². The molecule has 4 rings (SSSR count). The van der Waals surface area contributed by atoms with E-state index in [4.69, 9.17) is 9.15 Å². The zero-order valence-corrected chi connectivity index (χ0v) is 16.2. The standard InChI is InChI=1S/C25H18N2O3/c1-29-21-14-8-13-19(23(21)28)16-27-25-20(15-26)22(17-9-4-2-5-10-17)24(30-25)18-11-6-3-7-12-18/h2-14,16,28H,1H3/b27-16+. The van der Waals surface area contributed by atoms with Crippen molar-refractivity contribution in [2.75, 3.05) is 7.11 Å². The first-order valence-corrected chi connectivity index (χ1v) is 9.30. The van der Waals surface area contributed by atoms with Gasteiger partial charge in [0.05, 0.1) is 7.11 Å². The van der Waals surface area contributed by atoms with Crippen LogP contribution in [0.2, 0.25) is 0 Å². The first-order chi connectivity index (χ1) is 14.7. The van der Waals surface area contributed by atoms with E-state index in [9.17, 15) is 10.4 Å². The van der Waals surface area contributed by atoms with Gasteiger partial charge < -0.3 is 14.3 Å². The van der Waals surface area contributed by atoms with E-state index in [1.807, 2.05) is 60.7 Å². The summed E-state index contributed by atoms with van der Waals surface area (Å²) in [7, 11) is 1.48. The number of furan rings is 1. The number of nitriles is 1. The molecule has 1 aromatic heterocycles. The minimum Gasteiger partial charge on any atom is -0.504 e. The van der Waals surface area contributed by atoms with Crippen LogP contribution < -0.4 is 4.74 Å². The van der Waals surface area contributed by atoms with Crippen LogP contribution >= 0.6 is 0 Å². The van der Waals surface area contributed by atoms with E-state index in [0.717, 1.165) is 11.1 Å². The highest BCUT2D eigenvalue weighted by molar-refractivity contribution is 5.91. The van der Waals surface area contributed by atoms with Gasteiger partial charge in [-0.2, -0.15) is 5.26 Å². The van der Waals surface area contributed by atoms with E-state index in [1.54, 1.807) is 18.2 Å². The molecule has 1 N–H and O–H groups in total. The van der Waals surface area contributed by atoms with Crippen LogP contribution in [-0.4, -0.2) is 18.4 Å². The molecular formula is C25H18N2O3. The number of aliphatic imine (C=N–C) groups is 1. The van der Waals surface area contributed by atoms with Crippen molar-refractivity contribution >= 4 is 12.1 Å². The molecule has 146 valence electrons. The molecule has 0 aliphatic heterocycles. The molecule has 0 aliphatic carbocycles. The number of nitrogens with zero attached hydrogens (tertiary/aromatic N) is 2. The Morgan fingerprint density at radius 3 is 2.23 bits per heavy atom. The van der Waals surface area contributed by atoms with Gasteiger partial charge >= 0.3 is 0 Å². The number of benzene rings is 3. The van der Waals surface area contributed by atoms with Crippen LogP contribution in [0, 0.1) is 11.3 Å². The molecule has 0 unspecified atom stereocenters.